The summed E-state index contributed by atoms with van der Waals surface area (Å²) in [6.45, 7) is -8.43. The van der Waals surface area contributed by atoms with E-state index in [9.17, 15) is 15.3 Å². The van der Waals surface area contributed by atoms with Crippen molar-refractivity contribution in [2.24, 2.45) is 0 Å². The van der Waals surface area contributed by atoms with Gasteiger partial charge in [-0.2, -0.15) is 0 Å². The second-order valence-corrected chi connectivity index (χ2v) is 6.65. The summed E-state index contributed by atoms with van der Waals surface area (Å²) >= 11 is 0. The number of ether oxygens (including phenoxy) is 1. The normalized spacial score (nSPS) is 19.5. The lowest BCUT2D eigenvalue weighted by Crippen LogP contribution is -2.22. The molecular formula is C25H37NO4. The number of benzene rings is 2. The van der Waals surface area contributed by atoms with E-state index in [4.69, 9.17) is 18.4 Å². The fourth-order valence-electron chi connectivity index (χ4n) is 2.60. The first-order valence-corrected chi connectivity index (χ1v) is 10.1. The Hall–Kier alpha value is -1.92. The third-order valence-electron chi connectivity index (χ3n) is 4.27. The van der Waals surface area contributed by atoms with Gasteiger partial charge >= 0.3 is 0 Å². The van der Waals surface area contributed by atoms with Crippen LogP contribution in [-0.2, 0) is 17.8 Å². The van der Waals surface area contributed by atoms with Gasteiger partial charge in [0.25, 0.3) is 0 Å². The molecule has 0 fully saturated rings. The van der Waals surface area contributed by atoms with Gasteiger partial charge in [0.15, 0.2) is 0 Å². The molecule has 0 radical (unpaired) electrons. The monoisotopic (exact) mass is 425 g/mol. The maximum absolute atomic E-state index is 10.7. The third kappa shape index (κ3) is 9.72. The van der Waals surface area contributed by atoms with Gasteiger partial charge in [0, 0.05) is 30.7 Å². The molecule has 1 unspecified atom stereocenters. The lowest BCUT2D eigenvalue weighted by molar-refractivity contribution is 0.126. The molecule has 0 saturated carbocycles. The fraction of sp³-hybridized carbons (Fsp3) is 0.520. The van der Waals surface area contributed by atoms with Crippen molar-refractivity contribution in [3.05, 3.63) is 65.1 Å². The highest BCUT2D eigenvalue weighted by Crippen LogP contribution is 2.22. The Morgan fingerprint density at radius 2 is 1.87 bits per heavy atom. The van der Waals surface area contributed by atoms with Gasteiger partial charge in [0.05, 0.1) is 20.9 Å². The molecule has 0 spiro atoms. The summed E-state index contributed by atoms with van der Waals surface area (Å²) in [5.41, 5.74) is -0.393. The number of nitrogens with one attached hydrogen (secondary N) is 1. The van der Waals surface area contributed by atoms with Crippen LogP contribution in [0.4, 0.5) is 0 Å². The molecule has 0 aromatic heterocycles. The van der Waals surface area contributed by atoms with Crippen LogP contribution in [0.5, 0.6) is 5.75 Å². The van der Waals surface area contributed by atoms with Gasteiger partial charge in [-0.3, -0.25) is 0 Å². The van der Waals surface area contributed by atoms with Crippen LogP contribution in [0.1, 0.15) is 75.0 Å². The SMILES string of the molecule is [2H]c1c([2H])c(C([2H])(O)C([2H])([2H])NC([2H])([2H])CCCCC([2H])([2H])OCCCCc2ccccc2)c([2H])c(CO)c1O. The number of hydrogen-bond acceptors (Lipinski definition) is 5. The van der Waals surface area contributed by atoms with Gasteiger partial charge in [0.1, 0.15) is 5.75 Å². The Morgan fingerprint density at radius 1 is 1.07 bits per heavy atom. The van der Waals surface area contributed by atoms with Gasteiger partial charge in [-0.1, -0.05) is 49.2 Å². The zero-order valence-corrected chi connectivity index (χ0v) is 17.0. The number of rotatable bonds is 16. The highest BCUT2D eigenvalue weighted by molar-refractivity contribution is 5.36. The molecule has 2 rings (SSSR count). The number of aliphatic hydroxyl groups is 2. The largest absolute Gasteiger partial charge is 0.508 e. The lowest BCUT2D eigenvalue weighted by atomic mass is 10.1. The van der Waals surface area contributed by atoms with Gasteiger partial charge in [0.2, 0.25) is 0 Å². The van der Waals surface area contributed by atoms with Gasteiger partial charge in [-0.05, 0) is 61.8 Å². The first-order valence-electron chi connectivity index (χ1n) is 15.1. The van der Waals surface area contributed by atoms with E-state index in [0.717, 1.165) is 12.8 Å². The molecule has 0 aliphatic heterocycles. The molecule has 2 aromatic carbocycles. The van der Waals surface area contributed by atoms with Crippen LogP contribution in [0.25, 0.3) is 0 Å². The molecular weight excluding hydrogens is 378 g/mol. The summed E-state index contributed by atoms with van der Waals surface area (Å²) in [6.07, 6.45) is -1.09. The van der Waals surface area contributed by atoms with E-state index in [2.05, 4.69) is 0 Å². The minimum atomic E-state index is -3.45. The Bertz CT molecular complexity index is 1120. The Balaban J connectivity index is 1.91. The van der Waals surface area contributed by atoms with Crippen LogP contribution >= 0.6 is 0 Å². The molecule has 5 heteroatoms. The Morgan fingerprint density at radius 3 is 2.67 bits per heavy atom. The van der Waals surface area contributed by atoms with Gasteiger partial charge < -0.3 is 25.4 Å². The Labute approximate surface area is 194 Å². The molecule has 2 aromatic rings. The zero-order chi connectivity index (χ0) is 30.4. The number of aromatic hydroxyl groups is 1. The third-order valence-corrected chi connectivity index (χ3v) is 4.27. The molecule has 1 atom stereocenters. The number of phenols is 1. The van der Waals surface area contributed by atoms with Crippen LogP contribution in [-0.4, -0.2) is 41.5 Å². The van der Waals surface area contributed by atoms with Crippen LogP contribution < -0.4 is 5.32 Å². The quantitative estimate of drug-likeness (QED) is 0.304. The second kappa shape index (κ2) is 15.0. The molecule has 30 heavy (non-hydrogen) atoms. The maximum atomic E-state index is 10.7. The smallest absolute Gasteiger partial charge is 0.121 e. The summed E-state index contributed by atoms with van der Waals surface area (Å²) in [5, 5.41) is 32.0. The molecule has 0 saturated heterocycles. The topological polar surface area (TPSA) is 82.0 Å². The Kier molecular flexibility index (Phi) is 6.73. The van der Waals surface area contributed by atoms with E-state index < -0.39 is 67.2 Å². The number of hydrogen-bond donors (Lipinski definition) is 4. The molecule has 5 nitrogen and oxygen atoms in total. The zero-order valence-electron chi connectivity index (χ0n) is 27.0. The van der Waals surface area contributed by atoms with E-state index in [1.54, 1.807) is 0 Å². The molecule has 0 aliphatic rings. The summed E-state index contributed by atoms with van der Waals surface area (Å²) in [7, 11) is 0. The van der Waals surface area contributed by atoms with Crippen LogP contribution in [0, 0.1) is 0 Å². The van der Waals surface area contributed by atoms with Crippen LogP contribution in [0.2, 0.25) is 0 Å². The summed E-state index contributed by atoms with van der Waals surface area (Å²) in [6, 6.07) is 7.07. The van der Waals surface area contributed by atoms with Crippen molar-refractivity contribution in [1.82, 2.24) is 5.32 Å². The average molecular weight is 426 g/mol. The molecule has 166 valence electrons. The molecule has 4 N–H and O–H groups in total. The fourth-order valence-corrected chi connectivity index (χ4v) is 2.60. The summed E-state index contributed by atoms with van der Waals surface area (Å²) < 4.78 is 86.0. The first kappa shape index (κ1) is 13.5. The van der Waals surface area contributed by atoms with E-state index in [0.29, 0.717) is 6.42 Å². The van der Waals surface area contributed by atoms with Crippen molar-refractivity contribution in [1.29, 1.82) is 0 Å². The van der Waals surface area contributed by atoms with Crippen molar-refractivity contribution in [2.75, 3.05) is 26.2 Å². The van der Waals surface area contributed by atoms with E-state index in [1.807, 2.05) is 35.6 Å². The number of unbranched alkanes of at least 4 members (excludes halogenated alkanes) is 2. The number of aryl methyl sites for hydroxylation is 1. The van der Waals surface area contributed by atoms with Crippen LogP contribution in [0.15, 0.2) is 48.5 Å². The van der Waals surface area contributed by atoms with E-state index >= 15 is 0 Å². The first-order chi connectivity index (χ1) is 18.5. The average Bonchev–Trinajstić information content (AvgIpc) is 2.85. The van der Waals surface area contributed by atoms with E-state index in [1.165, 1.54) is 5.56 Å². The lowest BCUT2D eigenvalue weighted by Gasteiger charge is -2.14. The summed E-state index contributed by atoms with van der Waals surface area (Å²) in [4.78, 5) is 0. The van der Waals surface area contributed by atoms with Gasteiger partial charge in [-0.25, -0.2) is 0 Å². The molecule has 0 aliphatic carbocycles. The van der Waals surface area contributed by atoms with Crippen molar-refractivity contribution in [3.63, 3.8) is 0 Å². The van der Waals surface area contributed by atoms with Crippen LogP contribution in [0.3, 0.4) is 0 Å². The van der Waals surface area contributed by atoms with E-state index in [-0.39, 0.29) is 32.3 Å². The molecule has 0 heterocycles. The van der Waals surface area contributed by atoms with Crippen molar-refractivity contribution >= 4 is 0 Å². The maximum Gasteiger partial charge on any atom is 0.121 e. The standard InChI is InChI=1S/C25H37NO4/c27-20-23-18-22(13-14-24(23)28)25(29)19-26-15-7-1-2-8-16-30-17-9-6-12-21-10-4-3-5-11-21/h3-5,10-11,13-14,18,25-29H,1-2,6-9,12,15-17,19-20H2/i13D,14D,15D2,16D2,18D,19D2,25D. The predicted octanol–water partition coefficient (Wildman–Crippen LogP) is 4.11. The predicted molar refractivity (Wildman–Crippen MR) is 121 cm³/mol. The molecule has 0 bridgehead atoms. The van der Waals surface area contributed by atoms with Gasteiger partial charge in [-0.15, -0.1) is 0 Å². The minimum Gasteiger partial charge on any atom is -0.508 e. The van der Waals surface area contributed by atoms with Crippen molar-refractivity contribution in [3.8, 4) is 5.75 Å². The summed E-state index contributed by atoms with van der Waals surface area (Å²) in [5.74, 6) is -0.906. The van der Waals surface area contributed by atoms with Crippen molar-refractivity contribution in [2.45, 2.75) is 57.6 Å². The number of aliphatic hydroxyl groups excluding tert-OH is 1. The highest BCUT2D eigenvalue weighted by atomic mass is 16.5. The highest BCUT2D eigenvalue weighted by Gasteiger charge is 2.09. The minimum absolute atomic E-state index is 0.0227. The second-order valence-electron chi connectivity index (χ2n) is 6.65. The molecule has 0 amide bonds. The van der Waals surface area contributed by atoms with Crippen molar-refractivity contribution < 1.29 is 33.8 Å².